The Labute approximate surface area is 106 Å². The number of nitrogens with zero attached hydrogens (tertiary/aromatic N) is 2. The number of anilines is 1. The summed E-state index contributed by atoms with van der Waals surface area (Å²) in [5.74, 6) is 0.545. The fraction of sp³-hybridized carbons (Fsp3) is 0.545. The predicted molar refractivity (Wildman–Crippen MR) is 68.2 cm³/mol. The van der Waals surface area contributed by atoms with Crippen LogP contribution in [-0.2, 0) is 11.2 Å². The smallest absolute Gasteiger partial charge is 0.239 e. The number of amides is 1. The average Bonchev–Trinajstić information content (AvgIpc) is 2.25. The molecule has 0 radical (unpaired) electrons. The fourth-order valence-electron chi connectivity index (χ4n) is 1.39. The third-order valence-corrected chi connectivity index (χ3v) is 2.44. The summed E-state index contributed by atoms with van der Waals surface area (Å²) in [5.41, 5.74) is 0.825. The zero-order chi connectivity index (χ0) is 12.8. The van der Waals surface area contributed by atoms with Crippen molar-refractivity contribution in [3.63, 3.8) is 0 Å². The molecule has 0 atom stereocenters. The lowest BCUT2D eigenvalue weighted by atomic mass is 10.2. The molecule has 0 bridgehead atoms. The molecule has 1 rings (SSSR count). The van der Waals surface area contributed by atoms with Crippen LogP contribution in [0.4, 0.5) is 5.82 Å². The highest BCUT2D eigenvalue weighted by atomic mass is 35.5. The molecular formula is C11H17ClN4O. The molecule has 1 heterocycles. The van der Waals surface area contributed by atoms with Crippen molar-refractivity contribution in [2.75, 3.05) is 11.9 Å². The number of hydrogen-bond acceptors (Lipinski definition) is 4. The zero-order valence-electron chi connectivity index (χ0n) is 10.2. The van der Waals surface area contributed by atoms with E-state index in [4.69, 9.17) is 11.6 Å². The van der Waals surface area contributed by atoms with Crippen LogP contribution < -0.4 is 10.6 Å². The molecule has 17 heavy (non-hydrogen) atoms. The minimum atomic E-state index is -0.0724. The maximum atomic E-state index is 11.5. The second kappa shape index (κ2) is 6.39. The summed E-state index contributed by atoms with van der Waals surface area (Å²) in [6, 6.07) is 0.129. The second-order valence-corrected chi connectivity index (χ2v) is 4.28. The van der Waals surface area contributed by atoms with E-state index in [0.29, 0.717) is 17.4 Å². The Kier molecular flexibility index (Phi) is 5.15. The van der Waals surface area contributed by atoms with Crippen molar-refractivity contribution in [2.24, 2.45) is 0 Å². The topological polar surface area (TPSA) is 66.9 Å². The van der Waals surface area contributed by atoms with E-state index in [-0.39, 0.29) is 18.5 Å². The van der Waals surface area contributed by atoms with Gasteiger partial charge in [-0.05, 0) is 20.3 Å². The molecule has 0 unspecified atom stereocenters. The minimum Gasteiger partial charge on any atom is -0.361 e. The highest BCUT2D eigenvalue weighted by molar-refractivity contribution is 6.30. The van der Waals surface area contributed by atoms with E-state index < -0.39 is 0 Å². The van der Waals surface area contributed by atoms with Gasteiger partial charge in [0.25, 0.3) is 0 Å². The Hall–Kier alpha value is -1.36. The Balaban J connectivity index is 2.63. The summed E-state index contributed by atoms with van der Waals surface area (Å²) in [4.78, 5) is 19.4. The zero-order valence-corrected chi connectivity index (χ0v) is 11.0. The first-order valence-corrected chi connectivity index (χ1v) is 5.95. The van der Waals surface area contributed by atoms with Crippen molar-refractivity contribution < 1.29 is 4.79 Å². The molecule has 0 fully saturated rings. The number of halogens is 1. The quantitative estimate of drug-likeness (QED) is 0.786. The van der Waals surface area contributed by atoms with Crippen molar-refractivity contribution in [1.29, 1.82) is 0 Å². The first-order valence-electron chi connectivity index (χ1n) is 5.57. The van der Waals surface area contributed by atoms with Gasteiger partial charge in [-0.1, -0.05) is 18.5 Å². The van der Waals surface area contributed by atoms with E-state index >= 15 is 0 Å². The first-order chi connectivity index (χ1) is 8.04. The lowest BCUT2D eigenvalue weighted by molar-refractivity contribution is -0.119. The summed E-state index contributed by atoms with van der Waals surface area (Å²) < 4.78 is 0. The summed E-state index contributed by atoms with van der Waals surface area (Å²) in [6.07, 6.45) is 2.10. The monoisotopic (exact) mass is 256 g/mol. The molecular weight excluding hydrogens is 240 g/mol. The maximum Gasteiger partial charge on any atom is 0.239 e. The Morgan fingerprint density at radius 1 is 1.47 bits per heavy atom. The van der Waals surface area contributed by atoms with Crippen LogP contribution >= 0.6 is 11.6 Å². The van der Waals surface area contributed by atoms with E-state index in [1.165, 1.54) is 6.33 Å². The Bertz CT molecular complexity index is 395. The van der Waals surface area contributed by atoms with Gasteiger partial charge < -0.3 is 10.6 Å². The van der Waals surface area contributed by atoms with Crippen LogP contribution in [0, 0.1) is 0 Å². The van der Waals surface area contributed by atoms with Crippen molar-refractivity contribution in [2.45, 2.75) is 33.2 Å². The van der Waals surface area contributed by atoms with Gasteiger partial charge in [-0.25, -0.2) is 9.97 Å². The van der Waals surface area contributed by atoms with E-state index in [2.05, 4.69) is 20.6 Å². The van der Waals surface area contributed by atoms with Gasteiger partial charge >= 0.3 is 0 Å². The number of carbonyl (C=O) groups is 1. The third-order valence-electron chi connectivity index (χ3n) is 2.11. The van der Waals surface area contributed by atoms with Gasteiger partial charge in [-0.2, -0.15) is 0 Å². The summed E-state index contributed by atoms with van der Waals surface area (Å²) in [6.45, 7) is 5.97. The molecule has 0 saturated carbocycles. The van der Waals surface area contributed by atoms with E-state index in [0.717, 1.165) is 5.56 Å². The molecule has 6 heteroatoms. The lowest BCUT2D eigenvalue weighted by Gasteiger charge is -2.12. The maximum absolute atomic E-state index is 11.5. The van der Waals surface area contributed by atoms with Crippen LogP contribution in [-0.4, -0.2) is 28.5 Å². The average molecular weight is 257 g/mol. The molecule has 5 nitrogen and oxygen atoms in total. The molecule has 1 amide bonds. The molecule has 0 aromatic carbocycles. The Morgan fingerprint density at radius 2 is 2.18 bits per heavy atom. The van der Waals surface area contributed by atoms with Crippen molar-refractivity contribution >= 4 is 23.3 Å². The van der Waals surface area contributed by atoms with Crippen LogP contribution in [0.1, 0.15) is 26.3 Å². The normalized spacial score (nSPS) is 10.4. The highest BCUT2D eigenvalue weighted by Crippen LogP contribution is 2.19. The number of nitrogens with one attached hydrogen (secondary N) is 2. The number of hydrogen-bond donors (Lipinski definition) is 2. The van der Waals surface area contributed by atoms with E-state index in [9.17, 15) is 4.79 Å². The van der Waals surface area contributed by atoms with Crippen LogP contribution in [0.5, 0.6) is 0 Å². The highest BCUT2D eigenvalue weighted by Gasteiger charge is 2.09. The molecule has 0 saturated heterocycles. The number of carbonyl (C=O) groups excluding carboxylic acids is 1. The van der Waals surface area contributed by atoms with Crippen LogP contribution in [0.3, 0.4) is 0 Å². The fourth-order valence-corrected chi connectivity index (χ4v) is 1.66. The molecule has 0 aliphatic heterocycles. The van der Waals surface area contributed by atoms with Gasteiger partial charge in [0.2, 0.25) is 5.91 Å². The van der Waals surface area contributed by atoms with Gasteiger partial charge in [0.15, 0.2) is 0 Å². The standard InChI is InChI=1S/C11H17ClN4O/c1-4-8-10(12)14-6-15-11(8)13-5-9(17)16-7(2)3/h6-7H,4-5H2,1-3H3,(H,16,17)(H,13,14,15). The lowest BCUT2D eigenvalue weighted by Crippen LogP contribution is -2.35. The summed E-state index contributed by atoms with van der Waals surface area (Å²) in [5, 5.41) is 6.18. The second-order valence-electron chi connectivity index (χ2n) is 3.92. The van der Waals surface area contributed by atoms with E-state index in [1.807, 2.05) is 20.8 Å². The largest absolute Gasteiger partial charge is 0.361 e. The van der Waals surface area contributed by atoms with Crippen molar-refractivity contribution in [3.05, 3.63) is 17.0 Å². The number of aromatic nitrogens is 2. The molecule has 1 aromatic rings. The predicted octanol–water partition coefficient (Wildman–Crippen LogP) is 1.63. The first kappa shape index (κ1) is 13.7. The van der Waals surface area contributed by atoms with Crippen LogP contribution in [0.25, 0.3) is 0 Å². The minimum absolute atomic E-state index is 0.0724. The van der Waals surface area contributed by atoms with Gasteiger partial charge in [0, 0.05) is 11.6 Å². The third kappa shape index (κ3) is 4.19. The molecule has 94 valence electrons. The summed E-state index contributed by atoms with van der Waals surface area (Å²) >= 11 is 5.94. The number of rotatable bonds is 5. The summed E-state index contributed by atoms with van der Waals surface area (Å²) in [7, 11) is 0. The van der Waals surface area contributed by atoms with E-state index in [1.54, 1.807) is 0 Å². The Morgan fingerprint density at radius 3 is 2.76 bits per heavy atom. The van der Waals surface area contributed by atoms with Gasteiger partial charge in [0.1, 0.15) is 17.3 Å². The molecule has 0 aliphatic carbocycles. The van der Waals surface area contributed by atoms with Gasteiger partial charge in [-0.15, -0.1) is 0 Å². The molecule has 2 N–H and O–H groups in total. The molecule has 0 spiro atoms. The van der Waals surface area contributed by atoms with Crippen LogP contribution in [0.15, 0.2) is 6.33 Å². The van der Waals surface area contributed by atoms with Crippen LogP contribution in [0.2, 0.25) is 5.15 Å². The van der Waals surface area contributed by atoms with Gasteiger partial charge in [0.05, 0.1) is 6.54 Å². The van der Waals surface area contributed by atoms with Gasteiger partial charge in [-0.3, -0.25) is 4.79 Å². The SMILES string of the molecule is CCc1c(Cl)ncnc1NCC(=O)NC(C)C. The molecule has 1 aromatic heterocycles. The van der Waals surface area contributed by atoms with Crippen molar-refractivity contribution in [3.8, 4) is 0 Å². The van der Waals surface area contributed by atoms with Crippen molar-refractivity contribution in [1.82, 2.24) is 15.3 Å². The molecule has 0 aliphatic rings.